The van der Waals surface area contributed by atoms with E-state index in [9.17, 15) is 4.79 Å². The first-order chi connectivity index (χ1) is 7.00. The first-order valence-electron chi connectivity index (χ1n) is 6.06. The predicted molar refractivity (Wildman–Crippen MR) is 62.5 cm³/mol. The Hall–Kier alpha value is -0.570. The van der Waals surface area contributed by atoms with Crippen LogP contribution in [0.3, 0.4) is 0 Å². The van der Waals surface area contributed by atoms with E-state index in [4.69, 9.17) is 5.73 Å². The van der Waals surface area contributed by atoms with Crippen LogP contribution in [0.5, 0.6) is 0 Å². The number of carbonyl (C=O) groups excluding carboxylic acids is 1. The topological polar surface area (TPSA) is 46.3 Å². The predicted octanol–water partition coefficient (Wildman–Crippen LogP) is 1.90. The summed E-state index contributed by atoms with van der Waals surface area (Å²) >= 11 is 0. The van der Waals surface area contributed by atoms with Crippen LogP contribution < -0.4 is 5.73 Å². The molecular weight excluding hydrogens is 188 g/mol. The summed E-state index contributed by atoms with van der Waals surface area (Å²) in [5.41, 5.74) is 4.97. The van der Waals surface area contributed by atoms with E-state index in [0.29, 0.717) is 6.04 Å². The van der Waals surface area contributed by atoms with E-state index in [0.717, 1.165) is 6.54 Å². The fourth-order valence-corrected chi connectivity index (χ4v) is 2.64. The molecule has 0 aromatic heterocycles. The van der Waals surface area contributed by atoms with Crippen LogP contribution in [0.25, 0.3) is 0 Å². The molecule has 0 aromatic rings. The lowest BCUT2D eigenvalue weighted by Crippen LogP contribution is -2.57. The molecule has 0 bridgehead atoms. The Balaban J connectivity index is 2.72. The summed E-state index contributed by atoms with van der Waals surface area (Å²) in [4.78, 5) is 13.7. The summed E-state index contributed by atoms with van der Waals surface area (Å²) in [5, 5.41) is 0. The van der Waals surface area contributed by atoms with Gasteiger partial charge in [0.1, 0.15) is 0 Å². The number of hydrogen-bond donors (Lipinski definition) is 1. The van der Waals surface area contributed by atoms with Crippen molar-refractivity contribution in [3.8, 4) is 0 Å². The van der Waals surface area contributed by atoms with Crippen LogP contribution in [0.4, 0.5) is 0 Å². The minimum Gasteiger partial charge on any atom is -0.368 e. The standard InChI is InChI=1S/C12H24N2O/c1-4-14(12(2,3)11(13)15)10-8-6-5-7-9-10/h10H,4-9H2,1-3H3,(H2,13,15). The monoisotopic (exact) mass is 212 g/mol. The highest BCUT2D eigenvalue weighted by molar-refractivity contribution is 5.83. The van der Waals surface area contributed by atoms with E-state index >= 15 is 0 Å². The third-order valence-electron chi connectivity index (χ3n) is 3.68. The minimum atomic E-state index is -0.503. The Kier molecular flexibility index (Phi) is 4.14. The van der Waals surface area contributed by atoms with Gasteiger partial charge in [0.2, 0.25) is 5.91 Å². The molecule has 0 unspecified atom stereocenters. The number of carbonyl (C=O) groups is 1. The van der Waals surface area contributed by atoms with Crippen LogP contribution in [-0.2, 0) is 4.79 Å². The van der Waals surface area contributed by atoms with Crippen molar-refractivity contribution in [2.45, 2.75) is 64.5 Å². The molecule has 0 heterocycles. The second-order valence-electron chi connectivity index (χ2n) is 5.00. The molecule has 88 valence electrons. The smallest absolute Gasteiger partial charge is 0.237 e. The summed E-state index contributed by atoms with van der Waals surface area (Å²) in [5.74, 6) is -0.213. The van der Waals surface area contributed by atoms with Gasteiger partial charge < -0.3 is 5.73 Å². The van der Waals surface area contributed by atoms with Crippen LogP contribution in [0, 0.1) is 0 Å². The van der Waals surface area contributed by atoms with E-state index in [1.807, 2.05) is 13.8 Å². The van der Waals surface area contributed by atoms with Gasteiger partial charge in [-0.05, 0) is 33.2 Å². The largest absolute Gasteiger partial charge is 0.368 e. The van der Waals surface area contributed by atoms with Gasteiger partial charge in [0.15, 0.2) is 0 Å². The molecule has 0 aliphatic heterocycles. The van der Waals surface area contributed by atoms with E-state index in [2.05, 4.69) is 11.8 Å². The van der Waals surface area contributed by atoms with E-state index in [1.54, 1.807) is 0 Å². The molecule has 3 heteroatoms. The first kappa shape index (κ1) is 12.5. The van der Waals surface area contributed by atoms with Gasteiger partial charge in [0.05, 0.1) is 5.54 Å². The molecule has 1 rings (SSSR count). The van der Waals surface area contributed by atoms with Crippen molar-refractivity contribution in [2.75, 3.05) is 6.54 Å². The molecule has 1 saturated carbocycles. The lowest BCUT2D eigenvalue weighted by atomic mass is 9.90. The van der Waals surface area contributed by atoms with Crippen molar-refractivity contribution in [1.29, 1.82) is 0 Å². The summed E-state index contributed by atoms with van der Waals surface area (Å²) in [6.07, 6.45) is 6.34. The van der Waals surface area contributed by atoms with Crippen LogP contribution in [-0.4, -0.2) is 28.9 Å². The lowest BCUT2D eigenvalue weighted by Gasteiger charge is -2.42. The molecular formula is C12H24N2O. The van der Waals surface area contributed by atoms with Crippen molar-refractivity contribution in [1.82, 2.24) is 4.90 Å². The maximum absolute atomic E-state index is 11.4. The van der Waals surface area contributed by atoms with Crippen molar-refractivity contribution in [2.24, 2.45) is 5.73 Å². The third kappa shape index (κ3) is 2.71. The first-order valence-corrected chi connectivity index (χ1v) is 6.06. The zero-order chi connectivity index (χ0) is 11.5. The molecule has 1 aliphatic carbocycles. The van der Waals surface area contributed by atoms with E-state index in [-0.39, 0.29) is 5.91 Å². The number of likely N-dealkylation sites (N-methyl/N-ethyl adjacent to an activating group) is 1. The molecule has 2 N–H and O–H groups in total. The zero-order valence-electron chi connectivity index (χ0n) is 10.3. The van der Waals surface area contributed by atoms with Gasteiger partial charge in [-0.3, -0.25) is 9.69 Å². The van der Waals surface area contributed by atoms with E-state index in [1.165, 1.54) is 32.1 Å². The average molecular weight is 212 g/mol. The number of hydrogen-bond acceptors (Lipinski definition) is 2. The molecule has 1 amide bonds. The fraction of sp³-hybridized carbons (Fsp3) is 0.917. The fourth-order valence-electron chi connectivity index (χ4n) is 2.64. The molecule has 15 heavy (non-hydrogen) atoms. The highest BCUT2D eigenvalue weighted by Gasteiger charge is 2.36. The van der Waals surface area contributed by atoms with Crippen LogP contribution in [0.15, 0.2) is 0 Å². The Bertz CT molecular complexity index is 220. The maximum Gasteiger partial charge on any atom is 0.237 e. The molecule has 0 spiro atoms. The molecule has 0 aromatic carbocycles. The summed E-state index contributed by atoms with van der Waals surface area (Å²) in [6, 6.07) is 0.547. The highest BCUT2D eigenvalue weighted by Crippen LogP contribution is 2.27. The number of nitrogens with zero attached hydrogens (tertiary/aromatic N) is 1. The van der Waals surface area contributed by atoms with Gasteiger partial charge in [-0.15, -0.1) is 0 Å². The normalized spacial score (nSPS) is 19.5. The molecule has 1 fully saturated rings. The van der Waals surface area contributed by atoms with Crippen LogP contribution >= 0.6 is 0 Å². The zero-order valence-corrected chi connectivity index (χ0v) is 10.3. The second-order valence-corrected chi connectivity index (χ2v) is 5.00. The van der Waals surface area contributed by atoms with Gasteiger partial charge in [0, 0.05) is 6.04 Å². The van der Waals surface area contributed by atoms with Gasteiger partial charge in [-0.25, -0.2) is 0 Å². The summed E-state index contributed by atoms with van der Waals surface area (Å²) < 4.78 is 0. The second kappa shape index (κ2) is 4.97. The van der Waals surface area contributed by atoms with Crippen molar-refractivity contribution >= 4 is 5.91 Å². The van der Waals surface area contributed by atoms with Gasteiger partial charge in [-0.2, -0.15) is 0 Å². The molecule has 1 aliphatic rings. The van der Waals surface area contributed by atoms with Gasteiger partial charge in [-0.1, -0.05) is 26.2 Å². The summed E-state index contributed by atoms with van der Waals surface area (Å²) in [6.45, 7) is 6.89. The van der Waals surface area contributed by atoms with Gasteiger partial charge >= 0.3 is 0 Å². The lowest BCUT2D eigenvalue weighted by molar-refractivity contribution is -0.130. The van der Waals surface area contributed by atoms with Gasteiger partial charge in [0.25, 0.3) is 0 Å². The Labute approximate surface area is 93.0 Å². The Morgan fingerprint density at radius 1 is 1.33 bits per heavy atom. The highest BCUT2D eigenvalue weighted by atomic mass is 16.1. The van der Waals surface area contributed by atoms with Crippen molar-refractivity contribution in [3.05, 3.63) is 0 Å². The quantitative estimate of drug-likeness (QED) is 0.773. The molecule has 0 saturated heterocycles. The maximum atomic E-state index is 11.4. The number of primary amides is 1. The third-order valence-corrected chi connectivity index (χ3v) is 3.68. The van der Waals surface area contributed by atoms with Crippen molar-refractivity contribution < 1.29 is 4.79 Å². The van der Waals surface area contributed by atoms with Crippen LogP contribution in [0.2, 0.25) is 0 Å². The molecule has 0 radical (unpaired) electrons. The number of rotatable bonds is 4. The Morgan fingerprint density at radius 3 is 2.27 bits per heavy atom. The minimum absolute atomic E-state index is 0.213. The van der Waals surface area contributed by atoms with Crippen LogP contribution in [0.1, 0.15) is 52.9 Å². The summed E-state index contributed by atoms with van der Waals surface area (Å²) in [7, 11) is 0. The Morgan fingerprint density at radius 2 is 1.87 bits per heavy atom. The number of amides is 1. The average Bonchev–Trinajstić information content (AvgIpc) is 2.19. The molecule has 0 atom stereocenters. The molecule has 3 nitrogen and oxygen atoms in total. The van der Waals surface area contributed by atoms with E-state index < -0.39 is 5.54 Å². The number of nitrogens with two attached hydrogens (primary N) is 1. The van der Waals surface area contributed by atoms with Crippen molar-refractivity contribution in [3.63, 3.8) is 0 Å². The SMILES string of the molecule is CCN(C1CCCCC1)C(C)(C)C(N)=O.